The summed E-state index contributed by atoms with van der Waals surface area (Å²) in [4.78, 5) is 9.39. The highest BCUT2D eigenvalue weighted by Crippen LogP contribution is 2.37. The quantitative estimate of drug-likeness (QED) is 0.332. The van der Waals surface area contributed by atoms with Crippen molar-refractivity contribution >= 4 is 0 Å². The van der Waals surface area contributed by atoms with Gasteiger partial charge >= 0.3 is 0 Å². The number of rotatable bonds is 4. The van der Waals surface area contributed by atoms with Gasteiger partial charge in [-0.1, -0.05) is 72.8 Å². The van der Waals surface area contributed by atoms with Gasteiger partial charge in [0.25, 0.3) is 0 Å². The summed E-state index contributed by atoms with van der Waals surface area (Å²) in [6.45, 7) is 3.92. The molecule has 0 atom stereocenters. The van der Waals surface area contributed by atoms with E-state index in [-0.39, 0.29) is 0 Å². The standard InChI is InChI=1S/C26H20N2O2/c1-17-23(19-11-5-3-6-12-19)29-25(27-17)21-15-9-10-16-22(21)26-28-18(2)24(30-26)20-13-7-4-8-14-20/h3-16H,1-2H3. The van der Waals surface area contributed by atoms with E-state index in [2.05, 4.69) is 0 Å². The average molecular weight is 392 g/mol. The van der Waals surface area contributed by atoms with Crippen LogP contribution >= 0.6 is 0 Å². The van der Waals surface area contributed by atoms with E-state index in [0.29, 0.717) is 11.8 Å². The van der Waals surface area contributed by atoms with Crippen molar-refractivity contribution < 1.29 is 8.83 Å². The third kappa shape index (κ3) is 3.22. The van der Waals surface area contributed by atoms with Gasteiger partial charge in [0.05, 0.1) is 11.4 Å². The number of benzene rings is 3. The summed E-state index contributed by atoms with van der Waals surface area (Å²) in [5.74, 6) is 2.65. The van der Waals surface area contributed by atoms with Crippen LogP contribution < -0.4 is 0 Å². The Kier molecular flexibility index (Phi) is 4.52. The van der Waals surface area contributed by atoms with Crippen molar-refractivity contribution in [3.05, 3.63) is 96.3 Å². The lowest BCUT2D eigenvalue weighted by atomic mass is 10.1. The Labute approximate surface area is 174 Å². The molecule has 0 saturated heterocycles. The molecule has 4 nitrogen and oxygen atoms in total. The van der Waals surface area contributed by atoms with Gasteiger partial charge in [-0.3, -0.25) is 0 Å². The Morgan fingerprint density at radius 2 is 0.867 bits per heavy atom. The number of hydrogen-bond donors (Lipinski definition) is 0. The molecular weight excluding hydrogens is 372 g/mol. The van der Waals surface area contributed by atoms with E-state index in [1.165, 1.54) is 0 Å². The molecule has 4 heteroatoms. The van der Waals surface area contributed by atoms with Crippen molar-refractivity contribution in [3.8, 4) is 45.6 Å². The molecule has 5 rings (SSSR count). The largest absolute Gasteiger partial charge is 0.436 e. The first kappa shape index (κ1) is 18.1. The van der Waals surface area contributed by atoms with E-state index in [1.54, 1.807) is 0 Å². The van der Waals surface area contributed by atoms with Gasteiger partial charge < -0.3 is 8.83 Å². The van der Waals surface area contributed by atoms with E-state index >= 15 is 0 Å². The molecule has 0 N–H and O–H groups in total. The van der Waals surface area contributed by atoms with Crippen LogP contribution in [0.4, 0.5) is 0 Å². The second-order valence-corrected chi connectivity index (χ2v) is 7.14. The zero-order chi connectivity index (χ0) is 20.5. The molecule has 146 valence electrons. The molecule has 0 saturated carbocycles. The third-order valence-corrected chi connectivity index (χ3v) is 5.05. The van der Waals surface area contributed by atoms with E-state index in [9.17, 15) is 0 Å². The summed E-state index contributed by atoms with van der Waals surface area (Å²) in [7, 11) is 0. The molecule has 0 aliphatic rings. The Balaban J connectivity index is 1.60. The first-order chi connectivity index (χ1) is 14.7. The van der Waals surface area contributed by atoms with Crippen molar-refractivity contribution in [2.75, 3.05) is 0 Å². The second kappa shape index (κ2) is 7.48. The van der Waals surface area contributed by atoms with Crippen molar-refractivity contribution in [2.45, 2.75) is 13.8 Å². The average Bonchev–Trinajstić information content (AvgIpc) is 3.38. The smallest absolute Gasteiger partial charge is 0.227 e. The fraction of sp³-hybridized carbons (Fsp3) is 0.0769. The van der Waals surface area contributed by atoms with Gasteiger partial charge in [0.2, 0.25) is 11.8 Å². The molecule has 2 heterocycles. The summed E-state index contributed by atoms with van der Waals surface area (Å²) >= 11 is 0. The molecule has 0 aliphatic carbocycles. The summed E-state index contributed by atoms with van der Waals surface area (Å²) in [5.41, 5.74) is 5.40. The highest BCUT2D eigenvalue weighted by Gasteiger charge is 2.20. The number of nitrogens with zero attached hydrogens (tertiary/aromatic N) is 2. The normalized spacial score (nSPS) is 11.0. The van der Waals surface area contributed by atoms with E-state index in [1.807, 2.05) is 98.8 Å². The maximum absolute atomic E-state index is 6.19. The molecule has 0 fully saturated rings. The number of aryl methyl sites for hydroxylation is 2. The van der Waals surface area contributed by atoms with Gasteiger partial charge in [0, 0.05) is 22.3 Å². The van der Waals surface area contributed by atoms with Crippen molar-refractivity contribution in [1.29, 1.82) is 0 Å². The van der Waals surface area contributed by atoms with Crippen LogP contribution in [0.15, 0.2) is 93.8 Å². The monoisotopic (exact) mass is 392 g/mol. The second-order valence-electron chi connectivity index (χ2n) is 7.14. The van der Waals surface area contributed by atoms with Crippen LogP contribution in [-0.2, 0) is 0 Å². The van der Waals surface area contributed by atoms with Crippen LogP contribution in [0.25, 0.3) is 45.6 Å². The van der Waals surface area contributed by atoms with Crippen LogP contribution in [0.1, 0.15) is 11.4 Å². The zero-order valence-electron chi connectivity index (χ0n) is 16.8. The third-order valence-electron chi connectivity index (χ3n) is 5.05. The predicted molar refractivity (Wildman–Crippen MR) is 118 cm³/mol. The molecule has 3 aromatic carbocycles. The van der Waals surface area contributed by atoms with Crippen molar-refractivity contribution in [1.82, 2.24) is 9.97 Å². The summed E-state index contributed by atoms with van der Waals surface area (Å²) in [5, 5.41) is 0. The van der Waals surface area contributed by atoms with Gasteiger partial charge in [-0.05, 0) is 26.0 Å². The minimum absolute atomic E-state index is 0.555. The lowest BCUT2D eigenvalue weighted by molar-refractivity contribution is 0.580. The summed E-state index contributed by atoms with van der Waals surface area (Å²) in [6, 6.07) is 27.9. The van der Waals surface area contributed by atoms with Crippen molar-refractivity contribution in [2.24, 2.45) is 0 Å². The molecule has 30 heavy (non-hydrogen) atoms. The summed E-state index contributed by atoms with van der Waals surface area (Å²) in [6.07, 6.45) is 0. The van der Waals surface area contributed by atoms with Gasteiger partial charge in [0.1, 0.15) is 0 Å². The lowest BCUT2D eigenvalue weighted by Crippen LogP contribution is -1.85. The zero-order valence-corrected chi connectivity index (χ0v) is 16.8. The molecule has 0 aliphatic heterocycles. The molecular formula is C26H20N2O2. The molecule has 0 spiro atoms. The fourth-order valence-corrected chi connectivity index (χ4v) is 3.59. The topological polar surface area (TPSA) is 52.1 Å². The van der Waals surface area contributed by atoms with Gasteiger partial charge in [0.15, 0.2) is 11.5 Å². The van der Waals surface area contributed by atoms with Crippen LogP contribution in [0.2, 0.25) is 0 Å². The first-order valence-electron chi connectivity index (χ1n) is 9.86. The van der Waals surface area contributed by atoms with Gasteiger partial charge in [-0.2, -0.15) is 0 Å². The molecule has 5 aromatic rings. The predicted octanol–water partition coefficient (Wildman–Crippen LogP) is 6.95. The molecule has 0 amide bonds. The van der Waals surface area contributed by atoms with Crippen LogP contribution in [0, 0.1) is 13.8 Å². The number of oxazole rings is 2. The molecule has 0 bridgehead atoms. The van der Waals surface area contributed by atoms with E-state index in [4.69, 9.17) is 18.8 Å². The summed E-state index contributed by atoms with van der Waals surface area (Å²) < 4.78 is 12.4. The Morgan fingerprint density at radius 3 is 1.27 bits per heavy atom. The fourth-order valence-electron chi connectivity index (χ4n) is 3.59. The first-order valence-corrected chi connectivity index (χ1v) is 9.86. The minimum atomic E-state index is 0.555. The van der Waals surface area contributed by atoms with Gasteiger partial charge in [-0.15, -0.1) is 0 Å². The Hall–Kier alpha value is -3.92. The van der Waals surface area contributed by atoms with Crippen LogP contribution in [0.5, 0.6) is 0 Å². The minimum Gasteiger partial charge on any atom is -0.436 e. The Morgan fingerprint density at radius 1 is 0.500 bits per heavy atom. The van der Waals surface area contributed by atoms with E-state index in [0.717, 1.165) is 45.2 Å². The number of aromatic nitrogens is 2. The highest BCUT2D eigenvalue weighted by atomic mass is 16.4. The van der Waals surface area contributed by atoms with Crippen LogP contribution in [0.3, 0.4) is 0 Å². The molecule has 2 aromatic heterocycles. The van der Waals surface area contributed by atoms with Gasteiger partial charge in [-0.25, -0.2) is 9.97 Å². The van der Waals surface area contributed by atoms with Crippen molar-refractivity contribution in [3.63, 3.8) is 0 Å². The Bertz CT molecular complexity index is 1200. The van der Waals surface area contributed by atoms with Crippen LogP contribution in [-0.4, -0.2) is 9.97 Å². The van der Waals surface area contributed by atoms with E-state index < -0.39 is 0 Å². The lowest BCUT2D eigenvalue weighted by Gasteiger charge is -2.03. The molecule has 0 unspecified atom stereocenters. The molecule has 0 radical (unpaired) electrons. The SMILES string of the molecule is Cc1nc(-c2ccccc2-c2nc(C)c(-c3ccccc3)o2)oc1-c1ccccc1. The maximum atomic E-state index is 6.19. The maximum Gasteiger partial charge on any atom is 0.227 e. The highest BCUT2D eigenvalue weighted by molar-refractivity contribution is 5.78. The number of hydrogen-bond acceptors (Lipinski definition) is 4.